The van der Waals surface area contributed by atoms with E-state index < -0.39 is 9.84 Å². The first-order chi connectivity index (χ1) is 17.4. The van der Waals surface area contributed by atoms with E-state index >= 15 is 0 Å². The largest absolute Gasteiger partial charge is 0.381 e. The van der Waals surface area contributed by atoms with Gasteiger partial charge in [0.15, 0.2) is 9.84 Å². The number of pyridine rings is 1. The standard InChI is InChI=1S/C28H28N4O3S/c1-31-24(10-13-30-31)21-16-26-27(29-18-21)23-9-8-22(36(2,33)34)17-25(23)32(26)28(19-6-4-3-5-7-19)20-11-14-35-15-12-20/h3-10,13,16-18,20,28H,11-12,14-15H2,1-2H3. The van der Waals surface area contributed by atoms with Crippen LogP contribution in [0.4, 0.5) is 0 Å². The molecule has 1 saturated heterocycles. The molecule has 0 amide bonds. The number of nitrogens with zero attached hydrogens (tertiary/aromatic N) is 4. The molecule has 6 rings (SSSR count). The normalized spacial score (nSPS) is 16.1. The van der Waals surface area contributed by atoms with Gasteiger partial charge in [0.2, 0.25) is 0 Å². The number of hydrogen-bond donors (Lipinski definition) is 0. The molecule has 3 aromatic heterocycles. The molecule has 36 heavy (non-hydrogen) atoms. The van der Waals surface area contributed by atoms with Gasteiger partial charge in [-0.25, -0.2) is 8.42 Å². The Morgan fingerprint density at radius 3 is 2.47 bits per heavy atom. The van der Waals surface area contributed by atoms with E-state index in [1.165, 1.54) is 11.8 Å². The Balaban J connectivity index is 1.70. The van der Waals surface area contributed by atoms with Crippen molar-refractivity contribution in [1.29, 1.82) is 0 Å². The summed E-state index contributed by atoms with van der Waals surface area (Å²) < 4.78 is 34.9. The summed E-state index contributed by atoms with van der Waals surface area (Å²) in [5.74, 6) is 0.335. The second-order valence-electron chi connectivity index (χ2n) is 9.56. The van der Waals surface area contributed by atoms with Crippen LogP contribution >= 0.6 is 0 Å². The molecule has 1 fully saturated rings. The van der Waals surface area contributed by atoms with Gasteiger partial charge >= 0.3 is 0 Å². The topological polar surface area (TPSA) is 79.0 Å². The first-order valence-corrected chi connectivity index (χ1v) is 14.1. The Morgan fingerprint density at radius 1 is 1.00 bits per heavy atom. The molecule has 1 aliphatic heterocycles. The summed E-state index contributed by atoms with van der Waals surface area (Å²) in [4.78, 5) is 5.21. The minimum Gasteiger partial charge on any atom is -0.381 e. The lowest BCUT2D eigenvalue weighted by molar-refractivity contribution is 0.0553. The van der Waals surface area contributed by atoms with Gasteiger partial charge in [0.05, 0.1) is 33.2 Å². The zero-order valence-corrected chi connectivity index (χ0v) is 21.1. The Morgan fingerprint density at radius 2 is 1.78 bits per heavy atom. The molecule has 0 radical (unpaired) electrons. The van der Waals surface area contributed by atoms with E-state index in [-0.39, 0.29) is 6.04 Å². The van der Waals surface area contributed by atoms with Crippen LogP contribution in [0, 0.1) is 5.92 Å². The molecule has 0 N–H and O–H groups in total. The predicted molar refractivity (Wildman–Crippen MR) is 141 cm³/mol. The van der Waals surface area contributed by atoms with Crippen LogP contribution in [-0.4, -0.2) is 47.2 Å². The predicted octanol–water partition coefficient (Wildman–Crippen LogP) is 5.01. The van der Waals surface area contributed by atoms with Crippen molar-refractivity contribution in [2.45, 2.75) is 23.8 Å². The number of hydrogen-bond acceptors (Lipinski definition) is 5. The van der Waals surface area contributed by atoms with E-state index in [4.69, 9.17) is 9.72 Å². The van der Waals surface area contributed by atoms with Crippen LogP contribution in [0.3, 0.4) is 0 Å². The molecule has 0 saturated carbocycles. The van der Waals surface area contributed by atoms with E-state index in [0.29, 0.717) is 10.8 Å². The van der Waals surface area contributed by atoms with Gasteiger partial charge in [-0.1, -0.05) is 30.3 Å². The molecule has 7 nitrogen and oxygen atoms in total. The minimum absolute atomic E-state index is 0.00787. The molecule has 4 heterocycles. The second kappa shape index (κ2) is 8.87. The maximum atomic E-state index is 12.5. The smallest absolute Gasteiger partial charge is 0.175 e. The Bertz CT molecular complexity index is 1670. The SMILES string of the molecule is Cn1nccc1-c1cnc2c3ccc(S(C)(=O)=O)cc3n(C(c3ccccc3)C3CCOCC3)c2c1. The number of benzene rings is 2. The van der Waals surface area contributed by atoms with Crippen molar-refractivity contribution in [2.75, 3.05) is 19.5 Å². The van der Waals surface area contributed by atoms with Crippen LogP contribution < -0.4 is 0 Å². The van der Waals surface area contributed by atoms with Gasteiger partial charge in [-0.2, -0.15) is 5.10 Å². The Hall–Kier alpha value is -3.49. The van der Waals surface area contributed by atoms with Gasteiger partial charge in [-0.3, -0.25) is 9.67 Å². The average Bonchev–Trinajstić information content (AvgIpc) is 3.46. The molecule has 1 aliphatic rings. The third kappa shape index (κ3) is 3.90. The molecule has 1 atom stereocenters. The summed E-state index contributed by atoms with van der Waals surface area (Å²) in [6, 6.07) is 20.0. The van der Waals surface area contributed by atoms with Crippen molar-refractivity contribution in [1.82, 2.24) is 19.3 Å². The van der Waals surface area contributed by atoms with Crippen LogP contribution in [0.5, 0.6) is 0 Å². The second-order valence-corrected chi connectivity index (χ2v) is 11.6. The van der Waals surface area contributed by atoms with Crippen molar-refractivity contribution >= 4 is 31.8 Å². The van der Waals surface area contributed by atoms with E-state index in [0.717, 1.165) is 59.2 Å². The monoisotopic (exact) mass is 500 g/mol. The van der Waals surface area contributed by atoms with Crippen LogP contribution in [0.15, 0.2) is 78.0 Å². The summed E-state index contributed by atoms with van der Waals surface area (Å²) in [6.07, 6.45) is 6.78. The lowest BCUT2D eigenvalue weighted by Gasteiger charge is -2.33. The van der Waals surface area contributed by atoms with Crippen LogP contribution in [0.1, 0.15) is 24.4 Å². The first-order valence-electron chi connectivity index (χ1n) is 12.2. The molecular weight excluding hydrogens is 472 g/mol. The minimum atomic E-state index is -3.38. The molecular formula is C28H28N4O3S. The fraction of sp³-hybridized carbons (Fsp3) is 0.286. The summed E-state index contributed by atoms with van der Waals surface area (Å²) in [5, 5.41) is 5.28. The van der Waals surface area contributed by atoms with E-state index in [2.05, 4.69) is 40.0 Å². The quantitative estimate of drug-likeness (QED) is 0.339. The number of sulfone groups is 1. The molecule has 0 bridgehead atoms. The average molecular weight is 501 g/mol. The van der Waals surface area contributed by atoms with Crippen molar-refractivity contribution in [3.8, 4) is 11.3 Å². The highest BCUT2D eigenvalue weighted by molar-refractivity contribution is 7.90. The van der Waals surface area contributed by atoms with E-state index in [1.54, 1.807) is 12.3 Å². The van der Waals surface area contributed by atoms with Gasteiger partial charge in [0.1, 0.15) is 0 Å². The summed E-state index contributed by atoms with van der Waals surface area (Å²) in [7, 11) is -1.46. The number of ether oxygens (including phenoxy) is 1. The van der Waals surface area contributed by atoms with E-state index in [9.17, 15) is 8.42 Å². The third-order valence-corrected chi connectivity index (χ3v) is 8.40. The highest BCUT2D eigenvalue weighted by atomic mass is 32.2. The molecule has 2 aromatic carbocycles. The number of aryl methyl sites for hydroxylation is 1. The van der Waals surface area contributed by atoms with Crippen LogP contribution in [-0.2, 0) is 21.6 Å². The lowest BCUT2D eigenvalue weighted by atomic mass is 9.86. The van der Waals surface area contributed by atoms with Gasteiger partial charge in [-0.05, 0) is 54.7 Å². The van der Waals surface area contributed by atoms with Crippen molar-refractivity contribution in [3.05, 3.63) is 78.6 Å². The fourth-order valence-corrected chi connectivity index (χ4v) is 6.17. The maximum absolute atomic E-state index is 12.5. The van der Waals surface area contributed by atoms with Crippen molar-refractivity contribution in [2.24, 2.45) is 13.0 Å². The Kier molecular flexibility index (Phi) is 5.65. The molecule has 8 heteroatoms. The zero-order valence-electron chi connectivity index (χ0n) is 20.3. The summed E-state index contributed by atoms with van der Waals surface area (Å²) in [5.41, 5.74) is 5.86. The molecule has 184 valence electrons. The van der Waals surface area contributed by atoms with Gasteiger partial charge < -0.3 is 9.30 Å². The maximum Gasteiger partial charge on any atom is 0.175 e. The third-order valence-electron chi connectivity index (χ3n) is 7.29. The number of fused-ring (bicyclic) bond motifs is 3. The van der Waals surface area contributed by atoms with Gasteiger partial charge in [0.25, 0.3) is 0 Å². The fourth-order valence-electron chi connectivity index (χ4n) is 5.53. The highest BCUT2D eigenvalue weighted by Gasteiger charge is 2.30. The Labute approximate surface area is 210 Å². The highest BCUT2D eigenvalue weighted by Crippen LogP contribution is 2.41. The van der Waals surface area contributed by atoms with Crippen LogP contribution in [0.25, 0.3) is 33.2 Å². The summed E-state index contributed by atoms with van der Waals surface area (Å²) >= 11 is 0. The van der Waals surface area contributed by atoms with Crippen molar-refractivity contribution < 1.29 is 13.2 Å². The van der Waals surface area contributed by atoms with Gasteiger partial charge in [0, 0.05) is 49.9 Å². The summed E-state index contributed by atoms with van der Waals surface area (Å²) in [6.45, 7) is 1.44. The number of aromatic nitrogens is 4. The molecule has 0 spiro atoms. The lowest BCUT2D eigenvalue weighted by Crippen LogP contribution is -2.27. The van der Waals surface area contributed by atoms with Crippen LogP contribution in [0.2, 0.25) is 0 Å². The molecule has 0 aliphatic carbocycles. The number of rotatable bonds is 5. The molecule has 5 aromatic rings. The van der Waals surface area contributed by atoms with Crippen molar-refractivity contribution in [3.63, 3.8) is 0 Å². The molecule has 1 unspecified atom stereocenters. The van der Waals surface area contributed by atoms with Gasteiger partial charge in [-0.15, -0.1) is 0 Å². The van der Waals surface area contributed by atoms with E-state index in [1.807, 2.05) is 42.2 Å². The first kappa shape index (κ1) is 22.9. The zero-order chi connectivity index (χ0) is 24.9.